The second-order valence-corrected chi connectivity index (χ2v) is 7.57. The molecule has 1 atom stereocenters. The number of carbonyl (C=O) groups excluding carboxylic acids is 1. The summed E-state index contributed by atoms with van der Waals surface area (Å²) in [6, 6.07) is 18.1. The highest BCUT2D eigenvalue weighted by molar-refractivity contribution is 9.10. The number of hydrogen-bond donors (Lipinski definition) is 1. The third-order valence-electron chi connectivity index (χ3n) is 4.80. The lowest BCUT2D eigenvalue weighted by Crippen LogP contribution is -2.29. The summed E-state index contributed by atoms with van der Waals surface area (Å²) in [5.41, 5.74) is 5.00. The summed E-state index contributed by atoms with van der Waals surface area (Å²) in [5, 5.41) is 7.80. The molecule has 3 aromatic rings. The average Bonchev–Trinajstić information content (AvgIpc) is 2.96. The number of carbonyl (C=O) groups is 1. The number of hydrogen-bond acceptors (Lipinski definition) is 2. The second kappa shape index (κ2) is 8.53. The number of halogens is 1. The maximum absolute atomic E-state index is 12.7. The van der Waals surface area contributed by atoms with Crippen molar-refractivity contribution in [3.8, 4) is 5.69 Å². The van der Waals surface area contributed by atoms with E-state index in [1.54, 1.807) is 0 Å². The van der Waals surface area contributed by atoms with Crippen molar-refractivity contribution in [2.24, 2.45) is 0 Å². The highest BCUT2D eigenvalue weighted by atomic mass is 79.9. The van der Waals surface area contributed by atoms with E-state index < -0.39 is 0 Å². The summed E-state index contributed by atoms with van der Waals surface area (Å²) in [5.74, 6) is 0.0172. The normalized spacial score (nSPS) is 12.0. The van der Waals surface area contributed by atoms with Gasteiger partial charge in [0.15, 0.2) is 0 Å². The lowest BCUT2D eigenvalue weighted by molar-refractivity contribution is -0.121. The fourth-order valence-corrected chi connectivity index (χ4v) is 3.54. The van der Waals surface area contributed by atoms with Crippen LogP contribution in [0.1, 0.15) is 41.9 Å². The molecule has 1 heterocycles. The molecule has 0 aliphatic carbocycles. The standard InChI is InChI=1S/C22H24BrN3O/c1-4-21(17-10-12-18(23)13-11-17)24-22(27)14-20-15(2)25-26(16(20)3)19-8-6-5-7-9-19/h5-13,21H,4,14H2,1-3H3,(H,24,27). The van der Waals surface area contributed by atoms with Gasteiger partial charge in [-0.3, -0.25) is 4.79 Å². The third-order valence-corrected chi connectivity index (χ3v) is 5.32. The molecule has 5 heteroatoms. The zero-order chi connectivity index (χ0) is 19.4. The van der Waals surface area contributed by atoms with Gasteiger partial charge in [-0.25, -0.2) is 4.68 Å². The smallest absolute Gasteiger partial charge is 0.225 e. The lowest BCUT2D eigenvalue weighted by Gasteiger charge is -2.18. The Morgan fingerprint density at radius 2 is 1.78 bits per heavy atom. The first-order valence-electron chi connectivity index (χ1n) is 9.15. The van der Waals surface area contributed by atoms with E-state index >= 15 is 0 Å². The van der Waals surface area contributed by atoms with Gasteiger partial charge in [0.2, 0.25) is 5.91 Å². The van der Waals surface area contributed by atoms with Gasteiger partial charge in [0.1, 0.15) is 0 Å². The minimum absolute atomic E-state index is 0.00961. The Balaban J connectivity index is 1.76. The van der Waals surface area contributed by atoms with Crippen molar-refractivity contribution in [3.05, 3.63) is 81.6 Å². The molecule has 2 aromatic carbocycles. The van der Waals surface area contributed by atoms with Crippen molar-refractivity contribution >= 4 is 21.8 Å². The van der Waals surface area contributed by atoms with Crippen LogP contribution >= 0.6 is 15.9 Å². The fraction of sp³-hybridized carbons (Fsp3) is 0.273. The van der Waals surface area contributed by atoms with Gasteiger partial charge in [0, 0.05) is 15.7 Å². The Morgan fingerprint density at radius 3 is 2.41 bits per heavy atom. The minimum atomic E-state index is 0.00961. The summed E-state index contributed by atoms with van der Waals surface area (Å²) < 4.78 is 2.94. The number of rotatable bonds is 6. The number of aromatic nitrogens is 2. The maximum Gasteiger partial charge on any atom is 0.225 e. The number of benzene rings is 2. The molecular weight excluding hydrogens is 402 g/mol. The van der Waals surface area contributed by atoms with Crippen LogP contribution in [0.5, 0.6) is 0 Å². The molecule has 0 bridgehead atoms. The summed E-state index contributed by atoms with van der Waals surface area (Å²) in [6.07, 6.45) is 1.17. The van der Waals surface area contributed by atoms with E-state index in [0.29, 0.717) is 6.42 Å². The van der Waals surface area contributed by atoms with Crippen LogP contribution in [0.15, 0.2) is 59.1 Å². The van der Waals surface area contributed by atoms with E-state index in [9.17, 15) is 4.79 Å². The van der Waals surface area contributed by atoms with Crippen LogP contribution < -0.4 is 5.32 Å². The molecule has 1 unspecified atom stereocenters. The number of nitrogens with zero attached hydrogens (tertiary/aromatic N) is 2. The topological polar surface area (TPSA) is 46.9 Å². The van der Waals surface area contributed by atoms with Gasteiger partial charge in [-0.15, -0.1) is 0 Å². The Morgan fingerprint density at radius 1 is 1.11 bits per heavy atom. The van der Waals surface area contributed by atoms with Crippen LogP contribution in [-0.2, 0) is 11.2 Å². The van der Waals surface area contributed by atoms with Crippen molar-refractivity contribution in [1.29, 1.82) is 0 Å². The first-order valence-corrected chi connectivity index (χ1v) is 9.94. The van der Waals surface area contributed by atoms with Crippen LogP contribution in [0.25, 0.3) is 5.69 Å². The summed E-state index contributed by atoms with van der Waals surface area (Å²) in [4.78, 5) is 12.7. The maximum atomic E-state index is 12.7. The van der Waals surface area contributed by atoms with Gasteiger partial charge in [0.05, 0.1) is 23.8 Å². The van der Waals surface area contributed by atoms with Crippen molar-refractivity contribution < 1.29 is 4.79 Å². The zero-order valence-corrected chi connectivity index (χ0v) is 17.5. The number of amides is 1. The molecule has 0 saturated carbocycles. The zero-order valence-electron chi connectivity index (χ0n) is 15.9. The Bertz CT molecular complexity index is 917. The van der Waals surface area contributed by atoms with Crippen molar-refractivity contribution in [2.45, 2.75) is 39.7 Å². The predicted molar refractivity (Wildman–Crippen MR) is 112 cm³/mol. The van der Waals surface area contributed by atoms with E-state index in [1.807, 2.05) is 73.1 Å². The molecule has 0 saturated heterocycles. The first-order chi connectivity index (χ1) is 13.0. The summed E-state index contributed by atoms with van der Waals surface area (Å²) >= 11 is 3.45. The van der Waals surface area contributed by atoms with Gasteiger partial charge in [-0.05, 0) is 50.1 Å². The van der Waals surface area contributed by atoms with E-state index in [2.05, 4.69) is 33.3 Å². The molecule has 0 radical (unpaired) electrons. The Kier molecular flexibility index (Phi) is 6.11. The van der Waals surface area contributed by atoms with Gasteiger partial charge in [-0.2, -0.15) is 5.10 Å². The van der Waals surface area contributed by atoms with Crippen molar-refractivity contribution in [2.75, 3.05) is 0 Å². The average molecular weight is 426 g/mol. The van der Waals surface area contributed by atoms with Crippen LogP contribution in [0.4, 0.5) is 0 Å². The third kappa shape index (κ3) is 4.48. The minimum Gasteiger partial charge on any atom is -0.349 e. The van der Waals surface area contributed by atoms with Crippen molar-refractivity contribution in [3.63, 3.8) is 0 Å². The largest absolute Gasteiger partial charge is 0.349 e. The van der Waals surface area contributed by atoms with E-state index in [4.69, 9.17) is 0 Å². The van der Waals surface area contributed by atoms with Gasteiger partial charge < -0.3 is 5.32 Å². The molecule has 1 amide bonds. The van der Waals surface area contributed by atoms with E-state index in [0.717, 1.165) is 39.1 Å². The monoisotopic (exact) mass is 425 g/mol. The molecule has 27 heavy (non-hydrogen) atoms. The molecule has 4 nitrogen and oxygen atoms in total. The van der Waals surface area contributed by atoms with Crippen LogP contribution in [0.2, 0.25) is 0 Å². The highest BCUT2D eigenvalue weighted by Crippen LogP contribution is 2.21. The van der Waals surface area contributed by atoms with E-state index in [-0.39, 0.29) is 11.9 Å². The molecule has 1 N–H and O–H groups in total. The molecular formula is C22H24BrN3O. The first kappa shape index (κ1) is 19.4. The fourth-order valence-electron chi connectivity index (χ4n) is 3.27. The van der Waals surface area contributed by atoms with E-state index in [1.165, 1.54) is 0 Å². The predicted octanol–water partition coefficient (Wildman–Crippen LogP) is 5.06. The lowest BCUT2D eigenvalue weighted by atomic mass is 10.0. The van der Waals surface area contributed by atoms with Gasteiger partial charge >= 0.3 is 0 Å². The number of aryl methyl sites for hydroxylation is 1. The van der Waals surface area contributed by atoms with Crippen LogP contribution in [-0.4, -0.2) is 15.7 Å². The Hall–Kier alpha value is -2.40. The van der Waals surface area contributed by atoms with Crippen LogP contribution in [0, 0.1) is 13.8 Å². The Labute approximate surface area is 168 Å². The summed E-state index contributed by atoms with van der Waals surface area (Å²) in [6.45, 7) is 6.06. The quantitative estimate of drug-likeness (QED) is 0.599. The molecule has 140 valence electrons. The highest BCUT2D eigenvalue weighted by Gasteiger charge is 2.18. The molecule has 3 rings (SSSR count). The van der Waals surface area contributed by atoms with Gasteiger partial charge in [0.25, 0.3) is 0 Å². The second-order valence-electron chi connectivity index (χ2n) is 6.65. The molecule has 0 spiro atoms. The van der Waals surface area contributed by atoms with Crippen LogP contribution in [0.3, 0.4) is 0 Å². The molecule has 0 fully saturated rings. The van der Waals surface area contributed by atoms with Gasteiger partial charge in [-0.1, -0.05) is 53.2 Å². The van der Waals surface area contributed by atoms with Crippen molar-refractivity contribution in [1.82, 2.24) is 15.1 Å². The SMILES string of the molecule is CCC(NC(=O)Cc1c(C)nn(-c2ccccc2)c1C)c1ccc(Br)cc1. The molecule has 1 aromatic heterocycles. The summed E-state index contributed by atoms with van der Waals surface area (Å²) in [7, 11) is 0. The number of nitrogens with one attached hydrogen (secondary N) is 1. The molecule has 0 aliphatic rings. The number of para-hydroxylation sites is 1. The molecule has 0 aliphatic heterocycles.